The number of piperidine rings is 1. The summed E-state index contributed by atoms with van der Waals surface area (Å²) in [4.78, 5) is 26.7. The van der Waals surface area contributed by atoms with Crippen LogP contribution in [0.15, 0.2) is 54.7 Å². The lowest BCUT2D eigenvalue weighted by molar-refractivity contribution is -0.165. The predicted molar refractivity (Wildman–Crippen MR) is 163 cm³/mol. The van der Waals surface area contributed by atoms with Gasteiger partial charge in [-0.15, -0.1) is 0 Å². The molecular weight excluding hydrogens is 584 g/mol. The lowest BCUT2D eigenvalue weighted by atomic mass is 10.0. The van der Waals surface area contributed by atoms with Crippen LogP contribution in [0.5, 0.6) is 5.75 Å². The average Bonchev–Trinajstić information content (AvgIpc) is 3.01. The second kappa shape index (κ2) is 12.9. The summed E-state index contributed by atoms with van der Waals surface area (Å²) in [5.74, 6) is -3.73. The van der Waals surface area contributed by atoms with Crippen LogP contribution in [0.25, 0.3) is 11.3 Å². The molecule has 11 nitrogen and oxygen atoms in total. The molecule has 2 atom stereocenters. The Morgan fingerprint density at radius 2 is 1.89 bits per heavy atom. The molecule has 0 aliphatic carbocycles. The van der Waals surface area contributed by atoms with Gasteiger partial charge in [-0.1, -0.05) is 0 Å². The molecule has 3 aliphatic rings. The number of hydrogen-bond acceptors (Lipinski definition) is 10. The van der Waals surface area contributed by atoms with Gasteiger partial charge in [0.05, 0.1) is 37.1 Å². The van der Waals surface area contributed by atoms with E-state index in [9.17, 15) is 23.9 Å². The van der Waals surface area contributed by atoms with Crippen molar-refractivity contribution in [1.82, 2.24) is 19.8 Å². The smallest absolute Gasteiger partial charge is 0.301 e. The highest BCUT2D eigenvalue weighted by molar-refractivity contribution is 5.80. The minimum atomic E-state index is -3.36. The molecule has 3 aliphatic heterocycles. The number of carbonyl (C=O) groups is 1. The Morgan fingerprint density at radius 1 is 1.13 bits per heavy atom. The van der Waals surface area contributed by atoms with Crippen molar-refractivity contribution in [2.45, 2.75) is 37.5 Å². The molecule has 3 saturated heterocycles. The monoisotopic (exact) mass is 619 g/mol. The van der Waals surface area contributed by atoms with Gasteiger partial charge in [-0.3, -0.25) is 9.69 Å². The van der Waals surface area contributed by atoms with Crippen LogP contribution in [0.2, 0.25) is 0 Å². The molecular formula is C32H35F2N7O4. The third kappa shape index (κ3) is 6.83. The number of nitrogens with zero attached hydrogens (tertiary/aromatic N) is 6. The molecule has 3 fully saturated rings. The maximum Gasteiger partial charge on any atom is 0.301 e. The molecule has 1 aromatic heterocycles. The fraction of sp³-hybridized carbons (Fsp3) is 0.438. The van der Waals surface area contributed by atoms with Crippen LogP contribution in [0.1, 0.15) is 18.9 Å². The van der Waals surface area contributed by atoms with Gasteiger partial charge < -0.3 is 29.7 Å². The quantitative estimate of drug-likeness (QED) is 0.388. The van der Waals surface area contributed by atoms with Crippen molar-refractivity contribution in [1.29, 1.82) is 5.26 Å². The number of aromatic nitrogens is 2. The van der Waals surface area contributed by atoms with E-state index < -0.39 is 30.6 Å². The van der Waals surface area contributed by atoms with Crippen molar-refractivity contribution in [3.63, 3.8) is 0 Å². The van der Waals surface area contributed by atoms with E-state index in [-0.39, 0.29) is 24.3 Å². The number of amides is 1. The summed E-state index contributed by atoms with van der Waals surface area (Å²) in [7, 11) is 0. The van der Waals surface area contributed by atoms with Gasteiger partial charge >= 0.3 is 5.92 Å². The van der Waals surface area contributed by atoms with Crippen molar-refractivity contribution in [2.75, 3.05) is 62.7 Å². The number of likely N-dealkylation sites (tertiary alicyclic amines) is 1. The number of anilines is 3. The number of aliphatic hydroxyl groups is 1. The lowest BCUT2D eigenvalue weighted by Gasteiger charge is -2.43. The minimum Gasteiger partial charge on any atom is -0.483 e. The van der Waals surface area contributed by atoms with Crippen molar-refractivity contribution in [3.05, 3.63) is 60.3 Å². The third-order valence-electron chi connectivity index (χ3n) is 8.46. The molecule has 236 valence electrons. The van der Waals surface area contributed by atoms with Gasteiger partial charge in [-0.05, 0) is 55.5 Å². The second-order valence-corrected chi connectivity index (χ2v) is 11.6. The number of aliphatic hydroxyl groups excluding tert-OH is 1. The Labute approximate surface area is 260 Å². The van der Waals surface area contributed by atoms with E-state index in [1.807, 2.05) is 18.2 Å². The zero-order valence-electron chi connectivity index (χ0n) is 24.9. The van der Waals surface area contributed by atoms with Crippen molar-refractivity contribution in [2.24, 2.45) is 0 Å². The second-order valence-electron chi connectivity index (χ2n) is 11.6. The fourth-order valence-corrected chi connectivity index (χ4v) is 5.79. The Bertz CT molecular complexity index is 1550. The number of halogens is 2. The number of nitrogens with one attached hydrogen (secondary N) is 1. The number of benzene rings is 2. The Hall–Kier alpha value is -4.38. The highest BCUT2D eigenvalue weighted by Gasteiger charge is 2.48. The summed E-state index contributed by atoms with van der Waals surface area (Å²) >= 11 is 0. The largest absolute Gasteiger partial charge is 0.483 e. The molecule has 45 heavy (non-hydrogen) atoms. The Balaban J connectivity index is 1.09. The SMILES string of the molecule is C[C@@H](O)C(=O)N1CC[C@H](Oc2ccc(-c3ccnc(Nc4ccc(N5CCN(C6COC6)CC5)cc4)n3)cc2C#N)C(F)(F)C1. The van der Waals surface area contributed by atoms with Crippen LogP contribution < -0.4 is 15.0 Å². The number of rotatable bonds is 8. The molecule has 3 aromatic rings. The van der Waals surface area contributed by atoms with Gasteiger partial charge in [0.2, 0.25) is 5.95 Å². The maximum absolute atomic E-state index is 14.9. The molecule has 0 spiro atoms. The average molecular weight is 620 g/mol. The summed E-state index contributed by atoms with van der Waals surface area (Å²) in [6, 6.07) is 17.1. The molecule has 6 rings (SSSR count). The molecule has 2 aromatic carbocycles. The van der Waals surface area contributed by atoms with Gasteiger partial charge in [0, 0.05) is 62.3 Å². The molecule has 2 N–H and O–H groups in total. The van der Waals surface area contributed by atoms with Gasteiger partial charge in [0.1, 0.15) is 17.9 Å². The summed E-state index contributed by atoms with van der Waals surface area (Å²) < 4.78 is 40.7. The van der Waals surface area contributed by atoms with E-state index in [2.05, 4.69) is 37.2 Å². The van der Waals surface area contributed by atoms with E-state index in [1.165, 1.54) is 19.1 Å². The van der Waals surface area contributed by atoms with Crippen LogP contribution in [-0.2, 0) is 9.53 Å². The predicted octanol–water partition coefficient (Wildman–Crippen LogP) is 3.28. The third-order valence-corrected chi connectivity index (χ3v) is 8.46. The van der Waals surface area contributed by atoms with Gasteiger partial charge in [0.15, 0.2) is 6.10 Å². The Morgan fingerprint density at radius 3 is 2.53 bits per heavy atom. The summed E-state index contributed by atoms with van der Waals surface area (Å²) in [5, 5.41) is 22.5. The number of ether oxygens (including phenoxy) is 2. The van der Waals surface area contributed by atoms with Crippen LogP contribution in [0, 0.1) is 11.3 Å². The van der Waals surface area contributed by atoms with Gasteiger partial charge in [-0.25, -0.2) is 18.7 Å². The molecule has 0 radical (unpaired) electrons. The highest BCUT2D eigenvalue weighted by atomic mass is 19.3. The van der Waals surface area contributed by atoms with Crippen molar-refractivity contribution < 1.29 is 28.2 Å². The zero-order valence-corrected chi connectivity index (χ0v) is 24.9. The summed E-state index contributed by atoms with van der Waals surface area (Å²) in [5.41, 5.74) is 3.19. The number of carbonyl (C=O) groups excluding carboxylic acids is 1. The Kier molecular flexibility index (Phi) is 8.80. The number of hydrogen-bond donors (Lipinski definition) is 2. The first kappa shape index (κ1) is 30.6. The van der Waals surface area contributed by atoms with Gasteiger partial charge in [-0.2, -0.15) is 5.26 Å². The van der Waals surface area contributed by atoms with E-state index in [0.29, 0.717) is 23.2 Å². The maximum atomic E-state index is 14.9. The first-order valence-electron chi connectivity index (χ1n) is 15.0. The van der Waals surface area contributed by atoms with E-state index in [4.69, 9.17) is 9.47 Å². The van der Waals surface area contributed by atoms with Crippen LogP contribution in [0.3, 0.4) is 0 Å². The van der Waals surface area contributed by atoms with Crippen LogP contribution >= 0.6 is 0 Å². The highest BCUT2D eigenvalue weighted by Crippen LogP contribution is 2.34. The first-order valence-corrected chi connectivity index (χ1v) is 15.0. The zero-order chi connectivity index (χ0) is 31.6. The molecule has 0 unspecified atom stereocenters. The van der Waals surface area contributed by atoms with Crippen LogP contribution in [-0.4, -0.2) is 107 Å². The van der Waals surface area contributed by atoms with Crippen molar-refractivity contribution >= 4 is 23.2 Å². The molecule has 13 heteroatoms. The topological polar surface area (TPSA) is 127 Å². The van der Waals surface area contributed by atoms with Crippen LogP contribution in [0.4, 0.5) is 26.1 Å². The molecule has 0 bridgehead atoms. The standard InChI is InChI=1S/C32H35F2N7O4/c1-21(42)30(43)41-11-9-29(32(33,34)20-41)45-28-7-2-22(16-23(28)17-35)27-8-10-36-31(38-27)37-24-3-5-25(6-4-24)39-12-14-40(15-13-39)26-18-44-19-26/h2-8,10,16,21,26,29,42H,9,11-15,18-20H2,1H3,(H,36,37,38)/t21-,29+/m1/s1. The first-order chi connectivity index (χ1) is 21.7. The summed E-state index contributed by atoms with van der Waals surface area (Å²) in [6.45, 7) is 6.04. The van der Waals surface area contributed by atoms with Gasteiger partial charge in [0.25, 0.3) is 5.91 Å². The number of nitriles is 1. The summed E-state index contributed by atoms with van der Waals surface area (Å²) in [6.07, 6.45) is -1.43. The van der Waals surface area contributed by atoms with Crippen molar-refractivity contribution in [3.8, 4) is 23.1 Å². The lowest BCUT2D eigenvalue weighted by Crippen LogP contribution is -2.56. The van der Waals surface area contributed by atoms with E-state index in [0.717, 1.165) is 55.7 Å². The number of piperazine rings is 1. The molecule has 4 heterocycles. The van der Waals surface area contributed by atoms with E-state index >= 15 is 0 Å². The fourth-order valence-electron chi connectivity index (χ4n) is 5.79. The minimum absolute atomic E-state index is 0.0109. The van der Waals surface area contributed by atoms with E-state index in [1.54, 1.807) is 18.3 Å². The normalized spacial score (nSPS) is 21.0. The number of alkyl halides is 2. The molecule has 0 saturated carbocycles. The molecule has 1 amide bonds.